The average Bonchev–Trinajstić information content (AvgIpc) is 2.69. The zero-order valence-electron chi connectivity index (χ0n) is 15.5. The molecule has 30 heavy (non-hydrogen) atoms. The molecule has 0 saturated carbocycles. The van der Waals surface area contributed by atoms with Gasteiger partial charge in [0.2, 0.25) is 0 Å². The van der Waals surface area contributed by atoms with E-state index in [4.69, 9.17) is 4.74 Å². The summed E-state index contributed by atoms with van der Waals surface area (Å²) >= 11 is 3.26. The summed E-state index contributed by atoms with van der Waals surface area (Å²) in [5.41, 5.74) is 0.481. The summed E-state index contributed by atoms with van der Waals surface area (Å²) in [5.74, 6) is -0.902. The SMILES string of the molecule is COc1ccc(S(=O)(=O)Nc2ccc(S(=O)(=O)Nc3ccccc3Br)cc2)cc1F. The second kappa shape index (κ2) is 8.62. The molecule has 11 heteroatoms. The molecule has 0 aliphatic heterocycles. The molecule has 0 radical (unpaired) electrons. The van der Waals surface area contributed by atoms with Crippen LogP contribution >= 0.6 is 15.9 Å². The number of para-hydroxylation sites is 1. The third kappa shape index (κ3) is 4.91. The Kier molecular flexibility index (Phi) is 6.34. The first-order chi connectivity index (χ1) is 14.1. The van der Waals surface area contributed by atoms with E-state index in [1.165, 1.54) is 43.5 Å². The van der Waals surface area contributed by atoms with Gasteiger partial charge in [0, 0.05) is 10.2 Å². The highest BCUT2D eigenvalue weighted by atomic mass is 79.9. The van der Waals surface area contributed by atoms with Crippen LogP contribution in [-0.2, 0) is 20.0 Å². The third-order valence-corrected chi connectivity index (χ3v) is 7.42. The quantitative estimate of drug-likeness (QED) is 0.491. The molecule has 0 fully saturated rings. The lowest BCUT2D eigenvalue weighted by molar-refractivity contribution is 0.385. The Morgan fingerprint density at radius 1 is 0.833 bits per heavy atom. The van der Waals surface area contributed by atoms with Crippen LogP contribution in [0, 0.1) is 5.82 Å². The minimum absolute atomic E-state index is 0.0586. The van der Waals surface area contributed by atoms with Gasteiger partial charge in [0.15, 0.2) is 11.6 Å². The fourth-order valence-corrected chi connectivity index (χ4v) is 5.14. The number of halogens is 2. The second-order valence-electron chi connectivity index (χ2n) is 6.01. The second-order valence-corrected chi connectivity index (χ2v) is 10.2. The molecule has 0 aliphatic carbocycles. The van der Waals surface area contributed by atoms with Gasteiger partial charge in [-0.05, 0) is 70.5 Å². The molecule has 0 aliphatic rings. The lowest BCUT2D eigenvalue weighted by Crippen LogP contribution is -2.15. The largest absolute Gasteiger partial charge is 0.494 e. The van der Waals surface area contributed by atoms with Crippen LogP contribution < -0.4 is 14.2 Å². The molecule has 0 atom stereocenters. The third-order valence-electron chi connectivity index (χ3n) is 3.97. The number of nitrogens with one attached hydrogen (secondary N) is 2. The van der Waals surface area contributed by atoms with Gasteiger partial charge >= 0.3 is 0 Å². The summed E-state index contributed by atoms with van der Waals surface area (Å²) in [6.07, 6.45) is 0. The Morgan fingerprint density at radius 3 is 2.03 bits per heavy atom. The highest BCUT2D eigenvalue weighted by Gasteiger charge is 2.19. The number of hydrogen-bond acceptors (Lipinski definition) is 5. The van der Waals surface area contributed by atoms with Crippen LogP contribution in [0.3, 0.4) is 0 Å². The van der Waals surface area contributed by atoms with Gasteiger partial charge in [0.05, 0.1) is 22.6 Å². The maximum atomic E-state index is 13.8. The van der Waals surface area contributed by atoms with Gasteiger partial charge in [-0.2, -0.15) is 0 Å². The summed E-state index contributed by atoms with van der Waals surface area (Å²) in [6.45, 7) is 0. The predicted molar refractivity (Wildman–Crippen MR) is 115 cm³/mol. The molecule has 0 heterocycles. The minimum Gasteiger partial charge on any atom is -0.494 e. The smallest absolute Gasteiger partial charge is 0.262 e. The van der Waals surface area contributed by atoms with Crippen LogP contribution in [-0.4, -0.2) is 23.9 Å². The van der Waals surface area contributed by atoms with E-state index in [0.29, 0.717) is 10.2 Å². The van der Waals surface area contributed by atoms with Gasteiger partial charge in [0.25, 0.3) is 20.0 Å². The Morgan fingerprint density at radius 2 is 1.43 bits per heavy atom. The van der Waals surface area contributed by atoms with E-state index in [2.05, 4.69) is 25.4 Å². The summed E-state index contributed by atoms with van der Waals surface area (Å²) in [6, 6.07) is 15.1. The van der Waals surface area contributed by atoms with E-state index >= 15 is 0 Å². The molecule has 0 aromatic heterocycles. The van der Waals surface area contributed by atoms with Gasteiger partial charge in [0.1, 0.15) is 0 Å². The van der Waals surface area contributed by atoms with E-state index in [1.807, 2.05) is 0 Å². The zero-order chi connectivity index (χ0) is 21.9. The first kappa shape index (κ1) is 22.1. The van der Waals surface area contributed by atoms with Crippen LogP contribution in [0.15, 0.2) is 81.0 Å². The number of anilines is 2. The predicted octanol–water partition coefficient (Wildman–Crippen LogP) is 4.20. The van der Waals surface area contributed by atoms with Gasteiger partial charge in [-0.25, -0.2) is 21.2 Å². The molecule has 0 spiro atoms. The first-order valence-corrected chi connectivity index (χ1v) is 12.1. The van der Waals surface area contributed by atoms with Crippen LogP contribution in [0.2, 0.25) is 0 Å². The fourth-order valence-electron chi connectivity index (χ4n) is 2.48. The summed E-state index contributed by atoms with van der Waals surface area (Å²) < 4.78 is 73.9. The Hall–Kier alpha value is -2.63. The van der Waals surface area contributed by atoms with E-state index in [0.717, 1.165) is 6.07 Å². The molecule has 0 unspecified atom stereocenters. The number of benzene rings is 3. The van der Waals surface area contributed by atoms with Crippen LogP contribution in [0.5, 0.6) is 5.75 Å². The van der Waals surface area contributed by atoms with Crippen molar-refractivity contribution in [2.24, 2.45) is 0 Å². The van der Waals surface area contributed by atoms with E-state index < -0.39 is 25.9 Å². The van der Waals surface area contributed by atoms with Crippen molar-refractivity contribution in [2.75, 3.05) is 16.6 Å². The molecule has 7 nitrogen and oxygen atoms in total. The van der Waals surface area contributed by atoms with Crippen LogP contribution in [0.1, 0.15) is 0 Å². The molecule has 158 valence electrons. The van der Waals surface area contributed by atoms with Crippen molar-refractivity contribution in [3.63, 3.8) is 0 Å². The Balaban J connectivity index is 1.80. The number of ether oxygens (including phenoxy) is 1. The number of methoxy groups -OCH3 is 1. The molecular weight excluding hydrogens is 499 g/mol. The Labute approximate surface area is 182 Å². The lowest BCUT2D eigenvalue weighted by Gasteiger charge is -2.12. The van der Waals surface area contributed by atoms with Gasteiger partial charge in [-0.15, -0.1) is 0 Å². The van der Waals surface area contributed by atoms with Crippen LogP contribution in [0.25, 0.3) is 0 Å². The van der Waals surface area contributed by atoms with Crippen molar-refractivity contribution in [2.45, 2.75) is 9.79 Å². The van der Waals surface area contributed by atoms with E-state index in [1.54, 1.807) is 24.3 Å². The maximum absolute atomic E-state index is 13.8. The van der Waals surface area contributed by atoms with Crippen LogP contribution in [0.4, 0.5) is 15.8 Å². The number of hydrogen-bond donors (Lipinski definition) is 2. The number of rotatable bonds is 7. The number of sulfonamides is 2. The average molecular weight is 515 g/mol. The molecular formula is C19H16BrFN2O5S2. The standard InChI is InChI=1S/C19H16BrFN2O5S2/c1-28-19-11-10-15(12-17(19)21)30(26,27)22-13-6-8-14(9-7-13)29(24,25)23-18-5-3-2-4-16(18)20/h2-12,22-23H,1H3. The highest BCUT2D eigenvalue weighted by molar-refractivity contribution is 9.10. The molecule has 0 amide bonds. The zero-order valence-corrected chi connectivity index (χ0v) is 18.7. The molecule has 3 rings (SSSR count). The Bertz CT molecular complexity index is 1280. The minimum atomic E-state index is -4.08. The van der Waals surface area contributed by atoms with Gasteiger partial charge in [-0.3, -0.25) is 9.44 Å². The molecule has 3 aromatic carbocycles. The molecule has 0 bridgehead atoms. The summed E-state index contributed by atoms with van der Waals surface area (Å²) in [5, 5.41) is 0. The van der Waals surface area contributed by atoms with Gasteiger partial charge < -0.3 is 4.74 Å². The van der Waals surface area contributed by atoms with Crippen molar-refractivity contribution in [1.29, 1.82) is 0 Å². The normalized spacial score (nSPS) is 11.7. The fraction of sp³-hybridized carbons (Fsp3) is 0.0526. The van der Waals surface area contributed by atoms with E-state index in [-0.39, 0.29) is 21.2 Å². The highest BCUT2D eigenvalue weighted by Crippen LogP contribution is 2.26. The summed E-state index contributed by atoms with van der Waals surface area (Å²) in [4.78, 5) is -0.357. The van der Waals surface area contributed by atoms with Crippen molar-refractivity contribution < 1.29 is 26.0 Å². The van der Waals surface area contributed by atoms with E-state index in [9.17, 15) is 21.2 Å². The van der Waals surface area contributed by atoms with Gasteiger partial charge in [-0.1, -0.05) is 12.1 Å². The topological polar surface area (TPSA) is 102 Å². The van der Waals surface area contributed by atoms with Crippen molar-refractivity contribution in [3.05, 3.63) is 77.0 Å². The molecule has 3 aromatic rings. The van der Waals surface area contributed by atoms with Crippen molar-refractivity contribution >= 4 is 47.4 Å². The molecule has 0 saturated heterocycles. The monoisotopic (exact) mass is 514 g/mol. The maximum Gasteiger partial charge on any atom is 0.262 e. The van der Waals surface area contributed by atoms with Crippen molar-refractivity contribution in [3.8, 4) is 5.75 Å². The summed E-state index contributed by atoms with van der Waals surface area (Å²) in [7, 11) is -6.69. The lowest BCUT2D eigenvalue weighted by atomic mass is 10.3. The molecule has 2 N–H and O–H groups in total. The van der Waals surface area contributed by atoms with Crippen molar-refractivity contribution in [1.82, 2.24) is 0 Å². The first-order valence-electron chi connectivity index (χ1n) is 8.36.